The minimum absolute atomic E-state index is 0.154. The number of hydrogen-bond donors (Lipinski definition) is 2. The second-order valence-corrected chi connectivity index (χ2v) is 5.74. The van der Waals surface area contributed by atoms with E-state index in [1.165, 1.54) is 19.3 Å². The lowest BCUT2D eigenvalue weighted by Gasteiger charge is -2.26. The first-order valence-corrected chi connectivity index (χ1v) is 7.23. The lowest BCUT2D eigenvalue weighted by molar-refractivity contribution is -0.142. The van der Waals surface area contributed by atoms with Crippen molar-refractivity contribution in [1.29, 1.82) is 0 Å². The molecule has 19 heavy (non-hydrogen) atoms. The third-order valence-electron chi connectivity index (χ3n) is 3.44. The summed E-state index contributed by atoms with van der Waals surface area (Å²) in [5, 5.41) is 11.7. The van der Waals surface area contributed by atoms with E-state index < -0.39 is 12.0 Å². The van der Waals surface area contributed by atoms with Crippen LogP contribution in [-0.4, -0.2) is 47.6 Å². The highest BCUT2D eigenvalue weighted by Crippen LogP contribution is 2.09. The summed E-state index contributed by atoms with van der Waals surface area (Å²) < 4.78 is 0. The number of carboxylic acids is 1. The molecule has 0 aromatic rings. The monoisotopic (exact) mass is 270 g/mol. The van der Waals surface area contributed by atoms with E-state index in [1.807, 2.05) is 13.8 Å². The molecule has 0 spiro atoms. The number of likely N-dealkylation sites (tertiary alicyclic amines) is 1. The highest BCUT2D eigenvalue weighted by atomic mass is 16.4. The van der Waals surface area contributed by atoms with Crippen molar-refractivity contribution in [2.24, 2.45) is 5.92 Å². The third-order valence-corrected chi connectivity index (χ3v) is 3.44. The smallest absolute Gasteiger partial charge is 0.326 e. The van der Waals surface area contributed by atoms with E-state index in [0.29, 0.717) is 12.8 Å². The summed E-state index contributed by atoms with van der Waals surface area (Å²) >= 11 is 0. The van der Waals surface area contributed by atoms with Crippen molar-refractivity contribution in [3.63, 3.8) is 0 Å². The zero-order valence-electron chi connectivity index (χ0n) is 12.0. The van der Waals surface area contributed by atoms with E-state index in [1.54, 1.807) is 0 Å². The van der Waals surface area contributed by atoms with Gasteiger partial charge in [0, 0.05) is 13.0 Å². The van der Waals surface area contributed by atoms with Crippen molar-refractivity contribution >= 4 is 11.9 Å². The van der Waals surface area contributed by atoms with Crippen LogP contribution in [0.5, 0.6) is 0 Å². The molecule has 0 unspecified atom stereocenters. The zero-order valence-corrected chi connectivity index (χ0v) is 12.0. The summed E-state index contributed by atoms with van der Waals surface area (Å²) in [4.78, 5) is 25.1. The van der Waals surface area contributed by atoms with Crippen LogP contribution in [-0.2, 0) is 9.59 Å². The molecule has 1 atom stereocenters. The number of carbonyl (C=O) groups is 2. The van der Waals surface area contributed by atoms with Crippen molar-refractivity contribution < 1.29 is 14.7 Å². The first-order valence-electron chi connectivity index (χ1n) is 7.23. The number of nitrogens with one attached hydrogen (secondary N) is 1. The van der Waals surface area contributed by atoms with Gasteiger partial charge in [-0.3, -0.25) is 4.79 Å². The second kappa shape index (κ2) is 8.15. The fraction of sp³-hybridized carbons (Fsp3) is 0.857. The number of hydrogen-bond acceptors (Lipinski definition) is 3. The molecule has 5 nitrogen and oxygen atoms in total. The summed E-state index contributed by atoms with van der Waals surface area (Å²) in [6, 6.07) is -0.756. The van der Waals surface area contributed by atoms with Gasteiger partial charge in [0.05, 0.1) is 0 Å². The third kappa shape index (κ3) is 6.57. The Hall–Kier alpha value is -1.10. The lowest BCUT2D eigenvalue weighted by atomic mass is 10.0. The van der Waals surface area contributed by atoms with Gasteiger partial charge >= 0.3 is 5.97 Å². The van der Waals surface area contributed by atoms with Crippen LogP contribution in [0.3, 0.4) is 0 Å². The fourth-order valence-electron chi connectivity index (χ4n) is 2.40. The number of nitrogens with zero attached hydrogens (tertiary/aromatic N) is 1. The molecular formula is C14H26N2O3. The topological polar surface area (TPSA) is 69.6 Å². The van der Waals surface area contributed by atoms with E-state index in [2.05, 4.69) is 10.2 Å². The molecule has 1 aliphatic heterocycles. The van der Waals surface area contributed by atoms with E-state index in [-0.39, 0.29) is 11.8 Å². The van der Waals surface area contributed by atoms with Gasteiger partial charge in [0.25, 0.3) is 0 Å². The fourth-order valence-corrected chi connectivity index (χ4v) is 2.40. The highest BCUT2D eigenvalue weighted by Gasteiger charge is 2.21. The molecule has 1 saturated heterocycles. The Kier molecular flexibility index (Phi) is 6.84. The lowest BCUT2D eigenvalue weighted by Crippen LogP contribution is -2.43. The van der Waals surface area contributed by atoms with Gasteiger partial charge in [0.1, 0.15) is 6.04 Å². The van der Waals surface area contributed by atoms with Gasteiger partial charge in [-0.05, 0) is 38.3 Å². The van der Waals surface area contributed by atoms with E-state index in [0.717, 1.165) is 19.6 Å². The van der Waals surface area contributed by atoms with E-state index in [9.17, 15) is 9.59 Å². The number of aliphatic carboxylic acids is 1. The van der Waals surface area contributed by atoms with Gasteiger partial charge in [-0.15, -0.1) is 0 Å². The van der Waals surface area contributed by atoms with Crippen LogP contribution in [0.25, 0.3) is 0 Å². The van der Waals surface area contributed by atoms with E-state index in [4.69, 9.17) is 5.11 Å². The number of carboxylic acid groups (broad SMARTS) is 1. The first kappa shape index (κ1) is 16.0. The summed E-state index contributed by atoms with van der Waals surface area (Å²) in [7, 11) is 0. The van der Waals surface area contributed by atoms with Crippen LogP contribution < -0.4 is 5.32 Å². The van der Waals surface area contributed by atoms with Gasteiger partial charge in [0.2, 0.25) is 5.91 Å². The Labute approximate surface area is 115 Å². The molecule has 0 aromatic heterocycles. The molecule has 0 bridgehead atoms. The summed E-state index contributed by atoms with van der Waals surface area (Å²) in [6.45, 7) is 6.76. The minimum Gasteiger partial charge on any atom is -0.480 e. The largest absolute Gasteiger partial charge is 0.480 e. The maximum absolute atomic E-state index is 11.8. The molecule has 110 valence electrons. The van der Waals surface area contributed by atoms with Crippen LogP contribution in [0, 0.1) is 5.92 Å². The molecule has 0 saturated carbocycles. The van der Waals surface area contributed by atoms with Gasteiger partial charge < -0.3 is 15.3 Å². The quantitative estimate of drug-likeness (QED) is 0.735. The van der Waals surface area contributed by atoms with Crippen LogP contribution in [0.1, 0.15) is 46.0 Å². The van der Waals surface area contributed by atoms with Gasteiger partial charge in [0.15, 0.2) is 0 Å². The first-order chi connectivity index (χ1) is 8.99. The van der Waals surface area contributed by atoms with Crippen LogP contribution in [0.2, 0.25) is 0 Å². The maximum Gasteiger partial charge on any atom is 0.326 e. The SMILES string of the molecule is CC(C)C[C@@H](NC(=O)CCN1CCCCC1)C(=O)O. The molecule has 2 N–H and O–H groups in total. The second-order valence-electron chi connectivity index (χ2n) is 5.74. The molecular weight excluding hydrogens is 244 g/mol. The van der Waals surface area contributed by atoms with Crippen LogP contribution in [0.15, 0.2) is 0 Å². The normalized spacial score (nSPS) is 18.3. The Bertz CT molecular complexity index is 299. The van der Waals surface area contributed by atoms with Crippen molar-refractivity contribution in [2.75, 3.05) is 19.6 Å². The molecule has 0 radical (unpaired) electrons. The summed E-state index contributed by atoms with van der Waals surface area (Å²) in [6.07, 6.45) is 4.55. The standard InChI is InChI=1S/C14H26N2O3/c1-11(2)10-12(14(18)19)15-13(17)6-9-16-7-4-3-5-8-16/h11-12H,3-10H2,1-2H3,(H,15,17)(H,18,19)/t12-/m1/s1. The molecule has 1 rings (SSSR count). The van der Waals surface area contributed by atoms with E-state index >= 15 is 0 Å². The molecule has 5 heteroatoms. The predicted octanol–water partition coefficient (Wildman–Crippen LogP) is 1.48. The minimum atomic E-state index is -0.944. The molecule has 0 aliphatic carbocycles. The van der Waals surface area contributed by atoms with Gasteiger partial charge in [-0.2, -0.15) is 0 Å². The van der Waals surface area contributed by atoms with Crippen molar-refractivity contribution in [1.82, 2.24) is 10.2 Å². The molecule has 1 heterocycles. The molecule has 0 aromatic carbocycles. The summed E-state index contributed by atoms with van der Waals surface area (Å²) in [5.74, 6) is -0.845. The Morgan fingerprint density at radius 3 is 2.37 bits per heavy atom. The Morgan fingerprint density at radius 1 is 1.21 bits per heavy atom. The van der Waals surface area contributed by atoms with Crippen molar-refractivity contribution in [3.05, 3.63) is 0 Å². The number of amides is 1. The average Bonchev–Trinajstić information content (AvgIpc) is 2.36. The highest BCUT2D eigenvalue weighted by molar-refractivity contribution is 5.83. The number of carbonyl (C=O) groups excluding carboxylic acids is 1. The maximum atomic E-state index is 11.8. The zero-order chi connectivity index (χ0) is 14.3. The molecule has 1 amide bonds. The number of rotatable bonds is 7. The predicted molar refractivity (Wildman–Crippen MR) is 73.9 cm³/mol. The van der Waals surface area contributed by atoms with Gasteiger partial charge in [-0.25, -0.2) is 4.79 Å². The van der Waals surface area contributed by atoms with Crippen LogP contribution >= 0.6 is 0 Å². The summed E-state index contributed by atoms with van der Waals surface area (Å²) in [5.41, 5.74) is 0. The van der Waals surface area contributed by atoms with Gasteiger partial charge in [-0.1, -0.05) is 20.3 Å². The Morgan fingerprint density at radius 2 is 1.84 bits per heavy atom. The Balaban J connectivity index is 2.29. The molecule has 1 aliphatic rings. The average molecular weight is 270 g/mol. The van der Waals surface area contributed by atoms with Crippen LogP contribution in [0.4, 0.5) is 0 Å². The van der Waals surface area contributed by atoms with Crippen molar-refractivity contribution in [2.45, 2.75) is 52.0 Å². The van der Waals surface area contributed by atoms with Crippen molar-refractivity contribution in [3.8, 4) is 0 Å². The molecule has 1 fully saturated rings. The number of piperidine rings is 1.